The van der Waals surface area contributed by atoms with Crippen LogP contribution in [0.1, 0.15) is 32.6 Å². The van der Waals surface area contributed by atoms with Crippen molar-refractivity contribution >= 4 is 0 Å². The van der Waals surface area contributed by atoms with Crippen LogP contribution in [0.4, 0.5) is 0 Å². The van der Waals surface area contributed by atoms with Gasteiger partial charge in [0, 0.05) is 18.6 Å². The lowest BCUT2D eigenvalue weighted by Gasteiger charge is -2.22. The summed E-state index contributed by atoms with van der Waals surface area (Å²) in [5, 5.41) is 3.82. The summed E-state index contributed by atoms with van der Waals surface area (Å²) >= 11 is 0. The number of hydrogen-bond acceptors (Lipinski definition) is 2. The van der Waals surface area contributed by atoms with Gasteiger partial charge in [-0.3, -0.25) is 0 Å². The third-order valence-electron chi connectivity index (χ3n) is 3.70. The molecule has 2 heteroatoms. The molecule has 0 aromatic rings. The summed E-state index contributed by atoms with van der Waals surface area (Å²) < 4.78 is 0. The molecule has 2 rings (SSSR count). The molecule has 0 radical (unpaired) electrons. The van der Waals surface area contributed by atoms with Gasteiger partial charge in [0.05, 0.1) is 0 Å². The van der Waals surface area contributed by atoms with Crippen LogP contribution in [0, 0.1) is 5.92 Å². The van der Waals surface area contributed by atoms with E-state index >= 15 is 0 Å². The predicted octanol–water partition coefficient (Wildman–Crippen LogP) is 1.47. The Kier molecular flexibility index (Phi) is 2.89. The number of likely N-dealkylation sites (N-methyl/N-ethyl adjacent to an activating group) is 1. The maximum Gasteiger partial charge on any atom is 0.0209 e. The summed E-state index contributed by atoms with van der Waals surface area (Å²) in [6.07, 6.45) is 5.61. The average Bonchev–Trinajstić information content (AvgIpc) is 2.64. The Labute approximate surface area is 81.7 Å². The zero-order chi connectivity index (χ0) is 9.26. The van der Waals surface area contributed by atoms with E-state index in [4.69, 9.17) is 0 Å². The number of likely N-dealkylation sites (tertiary alicyclic amines) is 1. The quantitative estimate of drug-likeness (QED) is 0.695. The van der Waals surface area contributed by atoms with E-state index in [2.05, 4.69) is 24.2 Å². The van der Waals surface area contributed by atoms with E-state index in [-0.39, 0.29) is 0 Å². The standard InChI is InChI=1S/C11H22N2/c1-9-4-3-5-11(9)12-10-6-7-13(2)8-10/h9-12H,3-8H2,1-2H3/t9-,10+,11-/m0/s1. The second-order valence-electron chi connectivity index (χ2n) is 4.93. The number of nitrogens with one attached hydrogen (secondary N) is 1. The fourth-order valence-electron chi connectivity index (χ4n) is 2.77. The zero-order valence-corrected chi connectivity index (χ0v) is 8.92. The summed E-state index contributed by atoms with van der Waals surface area (Å²) in [5.74, 6) is 0.908. The first-order chi connectivity index (χ1) is 6.25. The molecule has 1 aliphatic heterocycles. The Morgan fingerprint density at radius 3 is 2.62 bits per heavy atom. The van der Waals surface area contributed by atoms with Crippen LogP contribution in [0.2, 0.25) is 0 Å². The van der Waals surface area contributed by atoms with Crippen LogP contribution in [0.25, 0.3) is 0 Å². The van der Waals surface area contributed by atoms with Crippen LogP contribution in [0.3, 0.4) is 0 Å². The number of rotatable bonds is 2. The Morgan fingerprint density at radius 2 is 2.08 bits per heavy atom. The lowest BCUT2D eigenvalue weighted by Crippen LogP contribution is -2.40. The van der Waals surface area contributed by atoms with Gasteiger partial charge < -0.3 is 10.2 Å². The number of nitrogens with zero attached hydrogens (tertiary/aromatic N) is 1. The van der Waals surface area contributed by atoms with Crippen molar-refractivity contribution < 1.29 is 0 Å². The summed E-state index contributed by atoms with van der Waals surface area (Å²) in [6, 6.07) is 1.59. The van der Waals surface area contributed by atoms with E-state index in [0.29, 0.717) is 0 Å². The summed E-state index contributed by atoms with van der Waals surface area (Å²) in [6.45, 7) is 4.92. The minimum absolute atomic E-state index is 0.774. The van der Waals surface area contributed by atoms with Gasteiger partial charge >= 0.3 is 0 Å². The first-order valence-electron chi connectivity index (χ1n) is 5.70. The summed E-state index contributed by atoms with van der Waals surface area (Å²) in [4.78, 5) is 2.43. The SMILES string of the molecule is C[C@H]1CCC[C@@H]1N[C@@H]1CCN(C)C1. The molecule has 2 nitrogen and oxygen atoms in total. The summed E-state index contributed by atoms with van der Waals surface area (Å²) in [5.41, 5.74) is 0. The first kappa shape index (κ1) is 9.47. The van der Waals surface area contributed by atoms with Crippen LogP contribution in [0.5, 0.6) is 0 Å². The Bertz CT molecular complexity index is 169. The van der Waals surface area contributed by atoms with Crippen LogP contribution >= 0.6 is 0 Å². The molecule has 1 aliphatic carbocycles. The van der Waals surface area contributed by atoms with Crippen molar-refractivity contribution in [3.63, 3.8) is 0 Å². The van der Waals surface area contributed by atoms with Gasteiger partial charge in [0.15, 0.2) is 0 Å². The molecule has 0 aromatic carbocycles. The van der Waals surface area contributed by atoms with E-state index in [9.17, 15) is 0 Å². The van der Waals surface area contributed by atoms with Crippen LogP contribution < -0.4 is 5.32 Å². The average molecular weight is 182 g/mol. The van der Waals surface area contributed by atoms with Gasteiger partial charge in [-0.25, -0.2) is 0 Å². The van der Waals surface area contributed by atoms with Crippen molar-refractivity contribution in [2.75, 3.05) is 20.1 Å². The highest BCUT2D eigenvalue weighted by atomic mass is 15.2. The van der Waals surface area contributed by atoms with Crippen LogP contribution in [-0.2, 0) is 0 Å². The van der Waals surface area contributed by atoms with Gasteiger partial charge in [0.2, 0.25) is 0 Å². The Balaban J connectivity index is 1.77. The van der Waals surface area contributed by atoms with Crippen molar-refractivity contribution in [2.24, 2.45) is 5.92 Å². The molecule has 0 bridgehead atoms. The van der Waals surface area contributed by atoms with E-state index < -0.39 is 0 Å². The molecule has 1 N–H and O–H groups in total. The molecule has 76 valence electrons. The summed E-state index contributed by atoms with van der Waals surface area (Å²) in [7, 11) is 2.22. The molecule has 0 amide bonds. The molecule has 2 aliphatic rings. The van der Waals surface area contributed by atoms with Gasteiger partial charge in [0.25, 0.3) is 0 Å². The van der Waals surface area contributed by atoms with E-state index in [0.717, 1.165) is 18.0 Å². The second-order valence-corrected chi connectivity index (χ2v) is 4.93. The second kappa shape index (κ2) is 3.97. The molecule has 0 aromatic heterocycles. The molecule has 1 saturated carbocycles. The maximum atomic E-state index is 3.82. The van der Waals surface area contributed by atoms with E-state index in [1.54, 1.807) is 0 Å². The Morgan fingerprint density at radius 1 is 1.23 bits per heavy atom. The molecule has 0 unspecified atom stereocenters. The van der Waals surface area contributed by atoms with E-state index in [1.165, 1.54) is 38.8 Å². The number of hydrogen-bond donors (Lipinski definition) is 1. The highest BCUT2D eigenvalue weighted by Crippen LogP contribution is 2.25. The molecule has 13 heavy (non-hydrogen) atoms. The third kappa shape index (κ3) is 2.23. The minimum atomic E-state index is 0.774. The highest BCUT2D eigenvalue weighted by Gasteiger charge is 2.27. The molecule has 1 saturated heterocycles. The van der Waals surface area contributed by atoms with Crippen LogP contribution in [-0.4, -0.2) is 37.1 Å². The molecule has 2 fully saturated rings. The van der Waals surface area contributed by atoms with Crippen molar-refractivity contribution in [2.45, 2.75) is 44.7 Å². The fraction of sp³-hybridized carbons (Fsp3) is 1.00. The normalized spacial score (nSPS) is 41.5. The lowest BCUT2D eigenvalue weighted by atomic mass is 10.1. The largest absolute Gasteiger partial charge is 0.310 e. The molecular weight excluding hydrogens is 160 g/mol. The van der Waals surface area contributed by atoms with Gasteiger partial charge in [0.1, 0.15) is 0 Å². The monoisotopic (exact) mass is 182 g/mol. The minimum Gasteiger partial charge on any atom is -0.310 e. The van der Waals surface area contributed by atoms with Gasteiger partial charge in [-0.15, -0.1) is 0 Å². The Hall–Kier alpha value is -0.0800. The predicted molar refractivity (Wildman–Crippen MR) is 55.8 cm³/mol. The van der Waals surface area contributed by atoms with Crippen molar-refractivity contribution in [3.05, 3.63) is 0 Å². The fourth-order valence-corrected chi connectivity index (χ4v) is 2.77. The first-order valence-corrected chi connectivity index (χ1v) is 5.70. The van der Waals surface area contributed by atoms with Gasteiger partial charge in [-0.1, -0.05) is 13.3 Å². The third-order valence-corrected chi connectivity index (χ3v) is 3.70. The molecular formula is C11H22N2. The van der Waals surface area contributed by atoms with Gasteiger partial charge in [-0.2, -0.15) is 0 Å². The van der Waals surface area contributed by atoms with Crippen molar-refractivity contribution in [1.82, 2.24) is 10.2 Å². The lowest BCUT2D eigenvalue weighted by molar-refractivity contribution is 0.353. The molecule has 3 atom stereocenters. The topological polar surface area (TPSA) is 15.3 Å². The zero-order valence-electron chi connectivity index (χ0n) is 8.92. The van der Waals surface area contributed by atoms with E-state index in [1.807, 2.05) is 0 Å². The molecule has 0 spiro atoms. The van der Waals surface area contributed by atoms with Crippen molar-refractivity contribution in [3.8, 4) is 0 Å². The maximum absolute atomic E-state index is 3.82. The van der Waals surface area contributed by atoms with Crippen molar-refractivity contribution in [1.29, 1.82) is 0 Å². The smallest absolute Gasteiger partial charge is 0.0209 e. The molecule has 1 heterocycles. The highest BCUT2D eigenvalue weighted by molar-refractivity contribution is 4.87. The van der Waals surface area contributed by atoms with Crippen LogP contribution in [0.15, 0.2) is 0 Å². The van der Waals surface area contributed by atoms with Gasteiger partial charge in [-0.05, 0) is 38.8 Å².